The van der Waals surface area contributed by atoms with E-state index >= 15 is 0 Å². The minimum atomic E-state index is -0.350. The Bertz CT molecular complexity index is 522. The van der Waals surface area contributed by atoms with Crippen LogP contribution in [0.2, 0.25) is 0 Å². The molecule has 1 fully saturated rings. The number of anilines is 1. The molecule has 0 aliphatic carbocycles. The van der Waals surface area contributed by atoms with Crippen molar-refractivity contribution in [2.24, 2.45) is 0 Å². The smallest absolute Gasteiger partial charge is 0.243 e. The fourth-order valence-electron chi connectivity index (χ4n) is 2.85. The Labute approximate surface area is 125 Å². The average molecular weight is 295 g/mol. The van der Waals surface area contributed by atoms with Crippen molar-refractivity contribution in [1.29, 1.82) is 0 Å². The molecule has 6 nitrogen and oxygen atoms in total. The third-order valence-electron chi connectivity index (χ3n) is 3.79. The summed E-state index contributed by atoms with van der Waals surface area (Å²) in [5.74, 6) is 0.222. The van der Waals surface area contributed by atoms with Crippen LogP contribution >= 0.6 is 0 Å². The Kier molecular flexibility index (Phi) is 4.13. The van der Waals surface area contributed by atoms with E-state index in [0.717, 1.165) is 12.1 Å². The van der Waals surface area contributed by atoms with Gasteiger partial charge in [-0.2, -0.15) is 0 Å². The molecule has 0 aromatic carbocycles. The Hall–Kier alpha value is -1.40. The van der Waals surface area contributed by atoms with E-state index in [1.807, 2.05) is 20.8 Å². The Morgan fingerprint density at radius 1 is 1.43 bits per heavy atom. The summed E-state index contributed by atoms with van der Waals surface area (Å²) in [6, 6.07) is 1.46. The van der Waals surface area contributed by atoms with E-state index in [2.05, 4.69) is 29.6 Å². The molecule has 0 bridgehead atoms. The number of nitrogens with zero attached hydrogens (tertiary/aromatic N) is 1. The maximum Gasteiger partial charge on any atom is 0.243 e. The first kappa shape index (κ1) is 16.0. The van der Waals surface area contributed by atoms with E-state index in [0.29, 0.717) is 5.88 Å². The molecule has 2 rings (SSSR count). The Morgan fingerprint density at radius 3 is 2.57 bits per heavy atom. The lowest BCUT2D eigenvalue weighted by atomic mass is 9.94. The van der Waals surface area contributed by atoms with Crippen LogP contribution in [0, 0.1) is 6.92 Å². The van der Waals surface area contributed by atoms with E-state index < -0.39 is 0 Å². The summed E-state index contributed by atoms with van der Waals surface area (Å²) < 4.78 is 11.0. The SMILES string of the molecule is Cc1cc(NC(=O)[C@@H](C)N[C@H]2CC(C)(C)OC2(C)C)on1. The van der Waals surface area contributed by atoms with Gasteiger partial charge in [-0.1, -0.05) is 5.16 Å². The first-order valence-electron chi connectivity index (χ1n) is 7.29. The highest BCUT2D eigenvalue weighted by atomic mass is 16.5. The zero-order valence-corrected chi connectivity index (χ0v) is 13.6. The van der Waals surface area contributed by atoms with Crippen molar-refractivity contribution in [3.8, 4) is 0 Å². The number of nitrogens with one attached hydrogen (secondary N) is 2. The molecular weight excluding hydrogens is 270 g/mol. The standard InChI is InChI=1S/C15H25N3O3/c1-9-7-12(20-18-9)17-13(19)10(2)16-11-8-14(3,4)21-15(11,5)6/h7,10-11,16H,8H2,1-6H3,(H,17,19)/t10-,11+/m1/s1. The van der Waals surface area contributed by atoms with Gasteiger partial charge in [-0.25, -0.2) is 0 Å². The summed E-state index contributed by atoms with van der Waals surface area (Å²) in [7, 11) is 0. The molecule has 2 heterocycles. The van der Waals surface area contributed by atoms with E-state index in [1.54, 1.807) is 13.0 Å². The van der Waals surface area contributed by atoms with Crippen LogP contribution in [-0.2, 0) is 9.53 Å². The fourth-order valence-corrected chi connectivity index (χ4v) is 2.85. The second-order valence-corrected chi connectivity index (χ2v) is 6.93. The van der Waals surface area contributed by atoms with Crippen LogP contribution < -0.4 is 10.6 Å². The molecule has 2 atom stereocenters. The molecule has 1 aromatic heterocycles. The van der Waals surface area contributed by atoms with Crippen molar-refractivity contribution in [2.45, 2.75) is 71.2 Å². The molecule has 0 saturated carbocycles. The summed E-state index contributed by atoms with van der Waals surface area (Å²) in [6.45, 7) is 11.9. The average Bonchev–Trinajstić information content (AvgIpc) is 2.79. The molecule has 2 N–H and O–H groups in total. The molecule has 0 unspecified atom stereocenters. The largest absolute Gasteiger partial charge is 0.368 e. The molecule has 21 heavy (non-hydrogen) atoms. The number of aromatic nitrogens is 1. The van der Waals surface area contributed by atoms with Crippen molar-refractivity contribution in [3.63, 3.8) is 0 Å². The van der Waals surface area contributed by atoms with E-state index in [-0.39, 0.29) is 29.2 Å². The molecule has 1 aliphatic heterocycles. The first-order valence-corrected chi connectivity index (χ1v) is 7.29. The van der Waals surface area contributed by atoms with Gasteiger partial charge in [0.05, 0.1) is 22.9 Å². The van der Waals surface area contributed by atoms with Gasteiger partial charge < -0.3 is 14.6 Å². The summed E-state index contributed by atoms with van der Waals surface area (Å²) >= 11 is 0. The molecular formula is C15H25N3O3. The minimum absolute atomic E-state index is 0.115. The molecule has 1 amide bonds. The highest BCUT2D eigenvalue weighted by molar-refractivity contribution is 5.93. The quantitative estimate of drug-likeness (QED) is 0.891. The predicted molar refractivity (Wildman–Crippen MR) is 80.1 cm³/mol. The summed E-state index contributed by atoms with van der Waals surface area (Å²) in [6.07, 6.45) is 0.860. The van der Waals surface area contributed by atoms with Gasteiger partial charge in [0.2, 0.25) is 11.8 Å². The van der Waals surface area contributed by atoms with E-state index in [9.17, 15) is 4.79 Å². The molecule has 6 heteroatoms. The summed E-state index contributed by atoms with van der Waals surface area (Å²) in [4.78, 5) is 12.2. The molecule has 1 aliphatic rings. The maximum atomic E-state index is 12.2. The minimum Gasteiger partial charge on any atom is -0.368 e. The fraction of sp³-hybridized carbons (Fsp3) is 0.733. The van der Waals surface area contributed by atoms with Crippen LogP contribution in [0.25, 0.3) is 0 Å². The van der Waals surface area contributed by atoms with E-state index in [4.69, 9.17) is 9.26 Å². The zero-order valence-electron chi connectivity index (χ0n) is 13.6. The van der Waals surface area contributed by atoms with Crippen LogP contribution in [0.15, 0.2) is 10.6 Å². The summed E-state index contributed by atoms with van der Waals surface area (Å²) in [5.41, 5.74) is 0.248. The van der Waals surface area contributed by atoms with Crippen molar-refractivity contribution < 1.29 is 14.1 Å². The number of amides is 1. The van der Waals surface area contributed by atoms with Crippen LogP contribution in [0.5, 0.6) is 0 Å². The number of carbonyl (C=O) groups is 1. The van der Waals surface area contributed by atoms with Gasteiger partial charge in [0.15, 0.2) is 0 Å². The van der Waals surface area contributed by atoms with Crippen molar-refractivity contribution in [3.05, 3.63) is 11.8 Å². The predicted octanol–water partition coefficient (Wildman–Crippen LogP) is 2.25. The zero-order chi connectivity index (χ0) is 15.8. The molecule has 118 valence electrons. The lowest BCUT2D eigenvalue weighted by molar-refractivity contribution is -0.118. The van der Waals surface area contributed by atoms with Crippen molar-refractivity contribution >= 4 is 11.8 Å². The van der Waals surface area contributed by atoms with E-state index in [1.165, 1.54) is 0 Å². The molecule has 0 radical (unpaired) electrons. The second-order valence-electron chi connectivity index (χ2n) is 6.93. The van der Waals surface area contributed by atoms with Gasteiger partial charge in [0.1, 0.15) is 0 Å². The van der Waals surface area contributed by atoms with Crippen molar-refractivity contribution in [2.75, 3.05) is 5.32 Å². The van der Waals surface area contributed by atoms with Crippen LogP contribution in [-0.4, -0.2) is 34.3 Å². The van der Waals surface area contributed by atoms with Crippen LogP contribution in [0.3, 0.4) is 0 Å². The highest BCUT2D eigenvalue weighted by Crippen LogP contribution is 2.37. The normalized spacial score (nSPS) is 24.8. The van der Waals surface area contributed by atoms with Gasteiger partial charge in [-0.15, -0.1) is 0 Å². The Balaban J connectivity index is 1.94. The van der Waals surface area contributed by atoms with Gasteiger partial charge >= 0.3 is 0 Å². The monoisotopic (exact) mass is 295 g/mol. The highest BCUT2D eigenvalue weighted by Gasteiger charge is 2.46. The van der Waals surface area contributed by atoms with Gasteiger partial charge in [-0.05, 0) is 48.0 Å². The van der Waals surface area contributed by atoms with Gasteiger partial charge in [0, 0.05) is 12.1 Å². The molecule has 0 spiro atoms. The van der Waals surface area contributed by atoms with Crippen LogP contribution in [0.4, 0.5) is 5.88 Å². The topological polar surface area (TPSA) is 76.4 Å². The van der Waals surface area contributed by atoms with Gasteiger partial charge in [0.25, 0.3) is 0 Å². The lowest BCUT2D eigenvalue weighted by Crippen LogP contribution is -2.50. The lowest BCUT2D eigenvalue weighted by Gasteiger charge is -2.29. The Morgan fingerprint density at radius 2 is 2.10 bits per heavy atom. The second kappa shape index (κ2) is 5.42. The molecule has 1 saturated heterocycles. The number of hydrogen-bond donors (Lipinski definition) is 2. The summed E-state index contributed by atoms with van der Waals surface area (Å²) in [5, 5.41) is 9.81. The first-order chi connectivity index (χ1) is 9.59. The van der Waals surface area contributed by atoms with Crippen LogP contribution in [0.1, 0.15) is 46.7 Å². The number of hydrogen-bond acceptors (Lipinski definition) is 5. The number of carbonyl (C=O) groups excluding carboxylic acids is 1. The van der Waals surface area contributed by atoms with Crippen molar-refractivity contribution in [1.82, 2.24) is 10.5 Å². The number of aryl methyl sites for hydroxylation is 1. The number of ether oxygens (including phenoxy) is 1. The molecule has 1 aromatic rings. The number of rotatable bonds is 4. The third kappa shape index (κ3) is 3.83. The maximum absolute atomic E-state index is 12.2. The third-order valence-corrected chi connectivity index (χ3v) is 3.79. The van der Waals surface area contributed by atoms with Gasteiger partial charge in [-0.3, -0.25) is 10.1 Å².